The normalized spacial score (nSPS) is 23.5. The molecule has 2 rings (SSSR count). The highest BCUT2D eigenvalue weighted by Crippen LogP contribution is 2.23. The van der Waals surface area contributed by atoms with Gasteiger partial charge in [-0.3, -0.25) is 4.79 Å². The summed E-state index contributed by atoms with van der Waals surface area (Å²) in [5.41, 5.74) is 0.701. The predicted octanol–water partition coefficient (Wildman–Crippen LogP) is 3.53. The van der Waals surface area contributed by atoms with E-state index >= 15 is 0 Å². The van der Waals surface area contributed by atoms with Crippen LogP contribution in [-0.2, 0) is 4.79 Å². The first-order valence-corrected chi connectivity index (χ1v) is 6.89. The van der Waals surface area contributed by atoms with E-state index in [2.05, 4.69) is 12.2 Å². The van der Waals surface area contributed by atoms with Crippen LogP contribution in [-0.4, -0.2) is 11.9 Å². The molecule has 2 nitrogen and oxygen atoms in total. The molecule has 0 radical (unpaired) electrons. The number of carbonyl (C=O) groups excluding carboxylic acids is 1. The molecule has 1 aromatic carbocycles. The lowest BCUT2D eigenvalue weighted by Gasteiger charge is -2.29. The lowest BCUT2D eigenvalue weighted by atomic mass is 9.86. The summed E-state index contributed by atoms with van der Waals surface area (Å²) in [5, 5.41) is 3.03. The Balaban J connectivity index is 1.90. The SMILES string of the molecule is CC1CCCCC1NC(=O)/C=C/c1cccc(F)c1. The van der Waals surface area contributed by atoms with Crippen LogP contribution in [0.5, 0.6) is 0 Å². The Bertz CT molecular complexity index is 470. The molecular formula is C16H20FNO. The molecule has 1 fully saturated rings. The number of amides is 1. The van der Waals surface area contributed by atoms with Crippen molar-refractivity contribution in [2.24, 2.45) is 5.92 Å². The van der Waals surface area contributed by atoms with Crippen molar-refractivity contribution < 1.29 is 9.18 Å². The number of nitrogens with one attached hydrogen (secondary N) is 1. The average Bonchev–Trinajstić information content (AvgIpc) is 2.39. The lowest BCUT2D eigenvalue weighted by molar-refractivity contribution is -0.117. The fourth-order valence-electron chi connectivity index (χ4n) is 2.54. The van der Waals surface area contributed by atoms with E-state index in [9.17, 15) is 9.18 Å². The maximum absolute atomic E-state index is 13.0. The largest absolute Gasteiger partial charge is 0.350 e. The van der Waals surface area contributed by atoms with Crippen LogP contribution >= 0.6 is 0 Å². The molecule has 0 bridgehead atoms. The standard InChI is InChI=1S/C16H20FNO/c1-12-5-2-3-8-15(12)18-16(19)10-9-13-6-4-7-14(17)11-13/h4,6-7,9-12,15H,2-3,5,8H2,1H3,(H,18,19)/b10-9+. The van der Waals surface area contributed by atoms with Crippen LogP contribution < -0.4 is 5.32 Å². The molecule has 0 aromatic heterocycles. The fraction of sp³-hybridized carbons (Fsp3) is 0.438. The first-order chi connectivity index (χ1) is 9.15. The number of hydrogen-bond acceptors (Lipinski definition) is 1. The van der Waals surface area contributed by atoms with Crippen LogP contribution in [0.4, 0.5) is 4.39 Å². The van der Waals surface area contributed by atoms with Gasteiger partial charge in [-0.15, -0.1) is 0 Å². The summed E-state index contributed by atoms with van der Waals surface area (Å²) in [6.45, 7) is 2.18. The maximum atomic E-state index is 13.0. The second-order valence-electron chi connectivity index (χ2n) is 5.27. The van der Waals surface area contributed by atoms with Crippen LogP contribution in [0.2, 0.25) is 0 Å². The zero-order chi connectivity index (χ0) is 13.7. The van der Waals surface area contributed by atoms with Crippen molar-refractivity contribution in [2.45, 2.75) is 38.6 Å². The van der Waals surface area contributed by atoms with Gasteiger partial charge in [0.15, 0.2) is 0 Å². The molecular weight excluding hydrogens is 241 g/mol. The summed E-state index contributed by atoms with van der Waals surface area (Å²) in [6, 6.07) is 6.48. The summed E-state index contributed by atoms with van der Waals surface area (Å²) >= 11 is 0. The molecule has 0 aliphatic heterocycles. The Morgan fingerprint density at radius 1 is 1.37 bits per heavy atom. The van der Waals surface area contributed by atoms with Gasteiger partial charge in [0.1, 0.15) is 5.82 Å². The molecule has 102 valence electrons. The third kappa shape index (κ3) is 4.19. The number of benzene rings is 1. The number of halogens is 1. The summed E-state index contributed by atoms with van der Waals surface area (Å²) in [5.74, 6) is 0.159. The number of rotatable bonds is 3. The van der Waals surface area contributed by atoms with Crippen LogP contribution in [0, 0.1) is 11.7 Å². The van der Waals surface area contributed by atoms with Crippen molar-refractivity contribution in [3.63, 3.8) is 0 Å². The molecule has 0 heterocycles. The summed E-state index contributed by atoms with van der Waals surface area (Å²) in [4.78, 5) is 11.8. The minimum atomic E-state index is -0.288. The smallest absolute Gasteiger partial charge is 0.244 e. The molecule has 1 aliphatic carbocycles. The molecule has 1 saturated carbocycles. The first-order valence-electron chi connectivity index (χ1n) is 6.89. The van der Waals surface area contributed by atoms with Crippen LogP contribution in [0.3, 0.4) is 0 Å². The molecule has 0 saturated heterocycles. The van der Waals surface area contributed by atoms with Gasteiger partial charge in [0.25, 0.3) is 0 Å². The fourth-order valence-corrected chi connectivity index (χ4v) is 2.54. The highest BCUT2D eigenvalue weighted by molar-refractivity contribution is 5.91. The third-order valence-corrected chi connectivity index (χ3v) is 3.71. The van der Waals surface area contributed by atoms with Crippen molar-refractivity contribution in [3.8, 4) is 0 Å². The van der Waals surface area contributed by atoms with E-state index < -0.39 is 0 Å². The van der Waals surface area contributed by atoms with Crippen molar-refractivity contribution in [1.29, 1.82) is 0 Å². The zero-order valence-corrected chi connectivity index (χ0v) is 11.2. The van der Waals surface area contributed by atoms with E-state index in [0.717, 1.165) is 6.42 Å². The Labute approximate surface area is 113 Å². The topological polar surface area (TPSA) is 29.1 Å². The van der Waals surface area contributed by atoms with E-state index in [1.807, 2.05) is 0 Å². The van der Waals surface area contributed by atoms with E-state index in [1.54, 1.807) is 18.2 Å². The molecule has 2 atom stereocenters. The van der Waals surface area contributed by atoms with Gasteiger partial charge in [-0.2, -0.15) is 0 Å². The number of carbonyl (C=O) groups is 1. The lowest BCUT2D eigenvalue weighted by Crippen LogP contribution is -2.40. The summed E-state index contributed by atoms with van der Waals surface area (Å²) < 4.78 is 13.0. The van der Waals surface area contributed by atoms with Gasteiger partial charge in [-0.1, -0.05) is 31.9 Å². The molecule has 1 aliphatic rings. The Morgan fingerprint density at radius 2 is 2.16 bits per heavy atom. The first kappa shape index (κ1) is 13.8. The highest BCUT2D eigenvalue weighted by Gasteiger charge is 2.21. The van der Waals surface area contributed by atoms with Crippen LogP contribution in [0.25, 0.3) is 6.08 Å². The molecule has 19 heavy (non-hydrogen) atoms. The summed E-state index contributed by atoms with van der Waals surface area (Å²) in [7, 11) is 0. The minimum Gasteiger partial charge on any atom is -0.350 e. The van der Waals surface area contributed by atoms with E-state index in [0.29, 0.717) is 11.5 Å². The minimum absolute atomic E-state index is 0.0944. The van der Waals surface area contributed by atoms with Crippen LogP contribution in [0.1, 0.15) is 38.2 Å². The Kier molecular flexibility index (Phi) is 4.72. The second kappa shape index (κ2) is 6.50. The van der Waals surface area contributed by atoms with Crippen molar-refractivity contribution in [1.82, 2.24) is 5.32 Å². The quantitative estimate of drug-likeness (QED) is 0.828. The zero-order valence-electron chi connectivity index (χ0n) is 11.2. The van der Waals surface area contributed by atoms with Gasteiger partial charge in [0.2, 0.25) is 5.91 Å². The van der Waals surface area contributed by atoms with Gasteiger partial charge < -0.3 is 5.32 Å². The van der Waals surface area contributed by atoms with Gasteiger partial charge in [-0.25, -0.2) is 4.39 Å². The average molecular weight is 261 g/mol. The monoisotopic (exact) mass is 261 g/mol. The van der Waals surface area contributed by atoms with E-state index in [1.165, 1.54) is 37.5 Å². The molecule has 2 unspecified atom stereocenters. The predicted molar refractivity (Wildman–Crippen MR) is 75.0 cm³/mol. The van der Waals surface area contributed by atoms with Crippen LogP contribution in [0.15, 0.2) is 30.3 Å². The van der Waals surface area contributed by atoms with Gasteiger partial charge in [0, 0.05) is 12.1 Å². The summed E-state index contributed by atoms with van der Waals surface area (Å²) in [6.07, 6.45) is 7.80. The van der Waals surface area contributed by atoms with Crippen molar-refractivity contribution in [3.05, 3.63) is 41.7 Å². The molecule has 1 N–H and O–H groups in total. The number of hydrogen-bond donors (Lipinski definition) is 1. The Hall–Kier alpha value is -1.64. The van der Waals surface area contributed by atoms with E-state index in [4.69, 9.17) is 0 Å². The Morgan fingerprint density at radius 3 is 2.89 bits per heavy atom. The maximum Gasteiger partial charge on any atom is 0.244 e. The van der Waals surface area contributed by atoms with Crippen molar-refractivity contribution >= 4 is 12.0 Å². The molecule has 0 spiro atoms. The third-order valence-electron chi connectivity index (χ3n) is 3.71. The van der Waals surface area contributed by atoms with Crippen molar-refractivity contribution in [2.75, 3.05) is 0 Å². The van der Waals surface area contributed by atoms with Gasteiger partial charge in [0.05, 0.1) is 0 Å². The molecule has 1 aromatic rings. The highest BCUT2D eigenvalue weighted by atomic mass is 19.1. The van der Waals surface area contributed by atoms with E-state index in [-0.39, 0.29) is 17.8 Å². The van der Waals surface area contributed by atoms with Gasteiger partial charge in [-0.05, 0) is 42.5 Å². The van der Waals surface area contributed by atoms with Gasteiger partial charge >= 0.3 is 0 Å². The second-order valence-corrected chi connectivity index (χ2v) is 5.27. The molecule has 3 heteroatoms. The molecule has 1 amide bonds.